The molecule has 100 valence electrons. The summed E-state index contributed by atoms with van der Waals surface area (Å²) in [4.78, 5) is 0. The number of hydrogen-bond donors (Lipinski definition) is 1. The van der Waals surface area contributed by atoms with Gasteiger partial charge in [0.2, 0.25) is 0 Å². The minimum absolute atomic E-state index is 0.591. The molecule has 0 aliphatic heterocycles. The molecule has 1 saturated carbocycles. The lowest BCUT2D eigenvalue weighted by Crippen LogP contribution is -2.40. The Hall–Kier alpha value is -0.820. The van der Waals surface area contributed by atoms with Gasteiger partial charge in [0.15, 0.2) is 0 Å². The fraction of sp³-hybridized carbons (Fsp3) is 0.647. The highest BCUT2D eigenvalue weighted by atomic mass is 14.9. The van der Waals surface area contributed by atoms with E-state index in [2.05, 4.69) is 49.5 Å². The van der Waals surface area contributed by atoms with Crippen LogP contribution in [0.2, 0.25) is 0 Å². The lowest BCUT2D eigenvalue weighted by atomic mass is 9.84. The first kappa shape index (κ1) is 13.6. The molecule has 1 heteroatoms. The molecule has 3 unspecified atom stereocenters. The highest BCUT2D eigenvalue weighted by Crippen LogP contribution is 2.26. The Kier molecular flexibility index (Phi) is 5.25. The maximum atomic E-state index is 3.83. The summed E-state index contributed by atoms with van der Waals surface area (Å²) >= 11 is 0. The van der Waals surface area contributed by atoms with Crippen LogP contribution in [-0.4, -0.2) is 12.1 Å². The molecule has 1 aliphatic carbocycles. The molecule has 3 atom stereocenters. The molecule has 0 bridgehead atoms. The van der Waals surface area contributed by atoms with Crippen molar-refractivity contribution in [1.29, 1.82) is 0 Å². The summed E-state index contributed by atoms with van der Waals surface area (Å²) in [5.41, 5.74) is 1.44. The van der Waals surface area contributed by atoms with Crippen molar-refractivity contribution in [1.82, 2.24) is 5.32 Å². The predicted molar refractivity (Wildman–Crippen MR) is 78.8 cm³/mol. The van der Waals surface area contributed by atoms with Crippen molar-refractivity contribution >= 4 is 0 Å². The molecule has 1 fully saturated rings. The van der Waals surface area contributed by atoms with E-state index in [1.54, 1.807) is 0 Å². The van der Waals surface area contributed by atoms with Crippen molar-refractivity contribution in [3.05, 3.63) is 35.9 Å². The van der Waals surface area contributed by atoms with Gasteiger partial charge < -0.3 is 5.32 Å². The van der Waals surface area contributed by atoms with Gasteiger partial charge in [0.25, 0.3) is 0 Å². The molecule has 0 radical (unpaired) electrons. The van der Waals surface area contributed by atoms with Crippen LogP contribution in [0.4, 0.5) is 0 Å². The summed E-state index contributed by atoms with van der Waals surface area (Å²) < 4.78 is 0. The van der Waals surface area contributed by atoms with Gasteiger partial charge in [-0.25, -0.2) is 0 Å². The van der Waals surface area contributed by atoms with E-state index in [0.29, 0.717) is 6.04 Å². The van der Waals surface area contributed by atoms with Gasteiger partial charge in [0.1, 0.15) is 0 Å². The van der Waals surface area contributed by atoms with Crippen molar-refractivity contribution in [2.45, 2.75) is 64.5 Å². The minimum Gasteiger partial charge on any atom is -0.311 e. The van der Waals surface area contributed by atoms with Crippen molar-refractivity contribution in [2.24, 2.45) is 5.92 Å². The minimum atomic E-state index is 0.591. The van der Waals surface area contributed by atoms with E-state index in [0.717, 1.165) is 18.4 Å². The summed E-state index contributed by atoms with van der Waals surface area (Å²) in [6, 6.07) is 12.2. The van der Waals surface area contributed by atoms with E-state index in [9.17, 15) is 0 Å². The highest BCUT2D eigenvalue weighted by molar-refractivity contribution is 5.15. The Morgan fingerprint density at radius 2 is 2.00 bits per heavy atom. The second kappa shape index (κ2) is 6.94. The second-order valence-electron chi connectivity index (χ2n) is 5.90. The monoisotopic (exact) mass is 245 g/mol. The molecule has 0 spiro atoms. The molecule has 0 saturated heterocycles. The second-order valence-corrected chi connectivity index (χ2v) is 5.90. The molecule has 0 aromatic heterocycles. The van der Waals surface area contributed by atoms with E-state index in [4.69, 9.17) is 0 Å². The van der Waals surface area contributed by atoms with Crippen LogP contribution in [-0.2, 0) is 6.42 Å². The largest absolute Gasteiger partial charge is 0.311 e. The average molecular weight is 245 g/mol. The molecule has 1 aliphatic rings. The number of benzene rings is 1. The van der Waals surface area contributed by atoms with E-state index in [1.807, 2.05) is 0 Å². The van der Waals surface area contributed by atoms with Crippen LogP contribution < -0.4 is 5.32 Å². The molecule has 1 aromatic carbocycles. The maximum absolute atomic E-state index is 3.83. The lowest BCUT2D eigenvalue weighted by molar-refractivity contribution is 0.264. The predicted octanol–water partition coefficient (Wildman–Crippen LogP) is 4.18. The van der Waals surface area contributed by atoms with Crippen molar-refractivity contribution in [3.63, 3.8) is 0 Å². The third-order valence-corrected chi connectivity index (χ3v) is 4.27. The van der Waals surface area contributed by atoms with Gasteiger partial charge in [0, 0.05) is 12.1 Å². The Labute approximate surface area is 112 Å². The standard InChI is InChI=1S/C17H27N/c1-3-15-10-7-11-17(13-15)18-14(2)12-16-8-5-4-6-9-16/h4-6,8-9,14-15,17-18H,3,7,10-13H2,1-2H3. The normalized spacial score (nSPS) is 25.9. The third kappa shape index (κ3) is 4.13. The topological polar surface area (TPSA) is 12.0 Å². The lowest BCUT2D eigenvalue weighted by Gasteiger charge is -2.31. The fourth-order valence-corrected chi connectivity index (χ4v) is 3.24. The summed E-state index contributed by atoms with van der Waals surface area (Å²) in [5.74, 6) is 0.958. The molecule has 18 heavy (non-hydrogen) atoms. The first-order valence-corrected chi connectivity index (χ1v) is 7.58. The Bertz CT molecular complexity index is 333. The Morgan fingerprint density at radius 1 is 1.22 bits per heavy atom. The van der Waals surface area contributed by atoms with Gasteiger partial charge in [-0.1, -0.05) is 56.5 Å². The molecule has 1 aromatic rings. The Morgan fingerprint density at radius 3 is 2.72 bits per heavy atom. The van der Waals surface area contributed by atoms with Crippen LogP contribution in [0.15, 0.2) is 30.3 Å². The van der Waals surface area contributed by atoms with E-state index < -0.39 is 0 Å². The average Bonchev–Trinajstić information content (AvgIpc) is 2.40. The smallest absolute Gasteiger partial charge is 0.00817 e. The van der Waals surface area contributed by atoms with Crippen LogP contribution in [0.25, 0.3) is 0 Å². The van der Waals surface area contributed by atoms with Gasteiger partial charge >= 0.3 is 0 Å². The molecule has 0 heterocycles. The molecule has 1 N–H and O–H groups in total. The zero-order valence-corrected chi connectivity index (χ0v) is 11.9. The maximum Gasteiger partial charge on any atom is 0.00817 e. The molecule has 2 rings (SSSR count). The van der Waals surface area contributed by atoms with Crippen LogP contribution in [0.3, 0.4) is 0 Å². The SMILES string of the molecule is CCC1CCCC(NC(C)Cc2ccccc2)C1. The van der Waals surface area contributed by atoms with Gasteiger partial charge in [-0.3, -0.25) is 0 Å². The third-order valence-electron chi connectivity index (χ3n) is 4.27. The summed E-state index contributed by atoms with van der Waals surface area (Å²) in [7, 11) is 0. The number of rotatable bonds is 5. The zero-order valence-electron chi connectivity index (χ0n) is 11.9. The highest BCUT2D eigenvalue weighted by Gasteiger charge is 2.21. The van der Waals surface area contributed by atoms with Gasteiger partial charge in [-0.15, -0.1) is 0 Å². The number of hydrogen-bond acceptors (Lipinski definition) is 1. The van der Waals surface area contributed by atoms with E-state index in [1.165, 1.54) is 37.7 Å². The van der Waals surface area contributed by atoms with Crippen LogP contribution in [0.5, 0.6) is 0 Å². The first-order chi connectivity index (χ1) is 8.78. The molecule has 1 nitrogen and oxygen atoms in total. The van der Waals surface area contributed by atoms with Gasteiger partial charge in [-0.2, -0.15) is 0 Å². The molecule has 0 amide bonds. The van der Waals surface area contributed by atoms with Crippen molar-refractivity contribution in [2.75, 3.05) is 0 Å². The summed E-state index contributed by atoms with van der Waals surface area (Å²) in [6.07, 6.45) is 8.11. The molecular weight excluding hydrogens is 218 g/mol. The van der Waals surface area contributed by atoms with E-state index in [-0.39, 0.29) is 0 Å². The first-order valence-electron chi connectivity index (χ1n) is 7.58. The van der Waals surface area contributed by atoms with Crippen LogP contribution >= 0.6 is 0 Å². The van der Waals surface area contributed by atoms with Crippen molar-refractivity contribution < 1.29 is 0 Å². The number of nitrogens with one attached hydrogen (secondary N) is 1. The zero-order chi connectivity index (χ0) is 12.8. The summed E-state index contributed by atoms with van der Waals surface area (Å²) in [5, 5.41) is 3.83. The van der Waals surface area contributed by atoms with Gasteiger partial charge in [-0.05, 0) is 37.7 Å². The fourth-order valence-electron chi connectivity index (χ4n) is 3.24. The van der Waals surface area contributed by atoms with Crippen LogP contribution in [0.1, 0.15) is 51.5 Å². The Balaban J connectivity index is 1.78. The quantitative estimate of drug-likeness (QED) is 0.820. The van der Waals surface area contributed by atoms with Crippen molar-refractivity contribution in [3.8, 4) is 0 Å². The summed E-state index contributed by atoms with van der Waals surface area (Å²) in [6.45, 7) is 4.66. The van der Waals surface area contributed by atoms with E-state index >= 15 is 0 Å². The molecular formula is C17H27N. The van der Waals surface area contributed by atoms with Gasteiger partial charge in [0.05, 0.1) is 0 Å². The van der Waals surface area contributed by atoms with Crippen LogP contribution in [0, 0.1) is 5.92 Å².